The summed E-state index contributed by atoms with van der Waals surface area (Å²) in [6, 6.07) is 7.13. The summed E-state index contributed by atoms with van der Waals surface area (Å²) in [6.07, 6.45) is 2.22. The van der Waals surface area contributed by atoms with E-state index in [0.717, 1.165) is 25.3 Å². The fourth-order valence-corrected chi connectivity index (χ4v) is 2.02. The molecule has 2 nitrogen and oxygen atoms in total. The van der Waals surface area contributed by atoms with Gasteiger partial charge in [0, 0.05) is 6.04 Å². The van der Waals surface area contributed by atoms with Crippen molar-refractivity contribution in [1.29, 1.82) is 0 Å². The van der Waals surface area contributed by atoms with Gasteiger partial charge in [0.15, 0.2) is 0 Å². The molecule has 0 unspecified atom stereocenters. The minimum atomic E-state index is 0.198. The van der Waals surface area contributed by atoms with E-state index in [2.05, 4.69) is 65.1 Å². The molecular formula is C18H31NO. The molecule has 114 valence electrons. The number of ether oxygens (including phenoxy) is 1. The summed E-state index contributed by atoms with van der Waals surface area (Å²) < 4.78 is 5.88. The van der Waals surface area contributed by atoms with Gasteiger partial charge in [-0.15, -0.1) is 0 Å². The average molecular weight is 277 g/mol. The lowest BCUT2D eigenvalue weighted by Crippen LogP contribution is -2.27. The molecular weight excluding hydrogens is 246 g/mol. The molecule has 0 bridgehead atoms. The fraction of sp³-hybridized carbons (Fsp3) is 0.667. The van der Waals surface area contributed by atoms with Crippen molar-refractivity contribution in [1.82, 2.24) is 5.32 Å². The molecule has 0 saturated carbocycles. The zero-order valence-corrected chi connectivity index (χ0v) is 14.0. The van der Waals surface area contributed by atoms with Gasteiger partial charge in [-0.3, -0.25) is 0 Å². The largest absolute Gasteiger partial charge is 0.493 e. The number of rotatable bonds is 7. The van der Waals surface area contributed by atoms with Crippen molar-refractivity contribution in [2.75, 3.05) is 13.2 Å². The van der Waals surface area contributed by atoms with Crippen LogP contribution in [-0.2, 0) is 5.41 Å². The Kier molecular flexibility index (Phi) is 6.54. The van der Waals surface area contributed by atoms with Crippen LogP contribution in [0.5, 0.6) is 5.75 Å². The lowest BCUT2D eigenvalue weighted by Gasteiger charge is -2.20. The summed E-state index contributed by atoms with van der Waals surface area (Å²) in [5.41, 5.74) is 2.79. The number of aryl methyl sites for hydroxylation is 1. The van der Waals surface area contributed by atoms with Crippen molar-refractivity contribution < 1.29 is 4.74 Å². The summed E-state index contributed by atoms with van der Waals surface area (Å²) in [5, 5.41) is 3.48. The molecule has 1 aromatic carbocycles. The molecule has 1 N–H and O–H groups in total. The minimum Gasteiger partial charge on any atom is -0.493 e. The molecule has 0 fully saturated rings. The van der Waals surface area contributed by atoms with Crippen molar-refractivity contribution in [2.45, 2.75) is 65.8 Å². The number of nitrogens with one attached hydrogen (secondary N) is 1. The van der Waals surface area contributed by atoms with E-state index in [9.17, 15) is 0 Å². The van der Waals surface area contributed by atoms with E-state index in [-0.39, 0.29) is 5.41 Å². The van der Waals surface area contributed by atoms with Crippen molar-refractivity contribution in [3.63, 3.8) is 0 Å². The van der Waals surface area contributed by atoms with Gasteiger partial charge in [-0.1, -0.05) is 39.8 Å². The molecule has 1 atom stereocenters. The van der Waals surface area contributed by atoms with E-state index in [1.165, 1.54) is 17.5 Å². The van der Waals surface area contributed by atoms with Crippen LogP contribution in [0.1, 0.15) is 58.6 Å². The summed E-state index contributed by atoms with van der Waals surface area (Å²) >= 11 is 0. The Morgan fingerprint density at radius 3 is 2.50 bits per heavy atom. The normalized spacial score (nSPS) is 13.3. The first-order chi connectivity index (χ1) is 9.34. The standard InChI is InChI=1S/C18H31NO/c1-7-15(3)19-11-8-12-20-17-10-9-16(13-14(17)2)18(4,5)6/h9-10,13,15,19H,7-8,11-12H2,1-6H3/t15-/m1/s1. The highest BCUT2D eigenvalue weighted by molar-refractivity contribution is 5.38. The number of hydrogen-bond donors (Lipinski definition) is 1. The van der Waals surface area contributed by atoms with Crippen LogP contribution in [0.15, 0.2) is 18.2 Å². The molecule has 0 amide bonds. The molecule has 20 heavy (non-hydrogen) atoms. The predicted molar refractivity (Wildman–Crippen MR) is 87.7 cm³/mol. The van der Waals surface area contributed by atoms with Crippen LogP contribution in [-0.4, -0.2) is 19.2 Å². The quantitative estimate of drug-likeness (QED) is 0.743. The zero-order valence-electron chi connectivity index (χ0n) is 14.0. The van der Waals surface area contributed by atoms with E-state index in [4.69, 9.17) is 4.74 Å². The molecule has 0 aliphatic rings. The monoisotopic (exact) mass is 277 g/mol. The van der Waals surface area contributed by atoms with Gasteiger partial charge in [-0.25, -0.2) is 0 Å². The Morgan fingerprint density at radius 1 is 1.25 bits per heavy atom. The fourth-order valence-electron chi connectivity index (χ4n) is 2.02. The highest BCUT2D eigenvalue weighted by Gasteiger charge is 2.14. The molecule has 0 saturated heterocycles. The summed E-state index contributed by atoms with van der Waals surface area (Å²) in [7, 11) is 0. The van der Waals surface area contributed by atoms with Gasteiger partial charge in [0.25, 0.3) is 0 Å². The maximum Gasteiger partial charge on any atom is 0.122 e. The van der Waals surface area contributed by atoms with Crippen molar-refractivity contribution in [3.05, 3.63) is 29.3 Å². The van der Waals surface area contributed by atoms with Crippen LogP contribution in [0, 0.1) is 6.92 Å². The van der Waals surface area contributed by atoms with Crippen LogP contribution in [0.3, 0.4) is 0 Å². The van der Waals surface area contributed by atoms with E-state index >= 15 is 0 Å². The second kappa shape index (κ2) is 7.68. The number of hydrogen-bond acceptors (Lipinski definition) is 2. The van der Waals surface area contributed by atoms with E-state index in [0.29, 0.717) is 6.04 Å². The Balaban J connectivity index is 2.42. The van der Waals surface area contributed by atoms with Crippen molar-refractivity contribution >= 4 is 0 Å². The minimum absolute atomic E-state index is 0.198. The van der Waals surface area contributed by atoms with Crippen molar-refractivity contribution in [2.24, 2.45) is 0 Å². The first kappa shape index (κ1) is 17.0. The average Bonchev–Trinajstić information content (AvgIpc) is 2.38. The summed E-state index contributed by atoms with van der Waals surface area (Å²) in [5.74, 6) is 1.02. The van der Waals surface area contributed by atoms with Gasteiger partial charge in [0.1, 0.15) is 5.75 Å². The maximum atomic E-state index is 5.88. The molecule has 0 aliphatic carbocycles. The van der Waals surface area contributed by atoms with Gasteiger partial charge in [0.2, 0.25) is 0 Å². The van der Waals surface area contributed by atoms with Gasteiger partial charge >= 0.3 is 0 Å². The Hall–Kier alpha value is -1.02. The highest BCUT2D eigenvalue weighted by atomic mass is 16.5. The molecule has 0 aliphatic heterocycles. The third kappa shape index (κ3) is 5.54. The van der Waals surface area contributed by atoms with Crippen LogP contribution in [0.25, 0.3) is 0 Å². The van der Waals surface area contributed by atoms with Crippen LogP contribution < -0.4 is 10.1 Å². The first-order valence-electron chi connectivity index (χ1n) is 7.82. The Morgan fingerprint density at radius 2 is 1.95 bits per heavy atom. The lowest BCUT2D eigenvalue weighted by molar-refractivity contribution is 0.303. The third-order valence-electron chi connectivity index (χ3n) is 3.72. The molecule has 2 heteroatoms. The van der Waals surface area contributed by atoms with E-state index < -0.39 is 0 Å². The van der Waals surface area contributed by atoms with Gasteiger partial charge in [-0.2, -0.15) is 0 Å². The molecule has 0 spiro atoms. The Bertz CT molecular complexity index is 406. The molecule has 0 heterocycles. The second-order valence-electron chi connectivity index (χ2n) is 6.70. The molecule has 0 aromatic heterocycles. The number of benzene rings is 1. The van der Waals surface area contributed by atoms with E-state index in [1.807, 2.05) is 0 Å². The van der Waals surface area contributed by atoms with Gasteiger partial charge < -0.3 is 10.1 Å². The second-order valence-corrected chi connectivity index (χ2v) is 6.70. The summed E-state index contributed by atoms with van der Waals surface area (Å²) in [6.45, 7) is 15.1. The molecule has 0 radical (unpaired) electrons. The van der Waals surface area contributed by atoms with Gasteiger partial charge in [-0.05, 0) is 55.8 Å². The zero-order chi connectivity index (χ0) is 15.2. The topological polar surface area (TPSA) is 21.3 Å². The predicted octanol–water partition coefficient (Wildman–Crippen LogP) is 4.45. The Labute approximate surface area is 124 Å². The summed E-state index contributed by atoms with van der Waals surface area (Å²) in [4.78, 5) is 0. The van der Waals surface area contributed by atoms with Gasteiger partial charge in [0.05, 0.1) is 6.61 Å². The SMILES string of the molecule is CC[C@@H](C)NCCCOc1ccc(C(C)(C)C)cc1C. The third-order valence-corrected chi connectivity index (χ3v) is 3.72. The van der Waals surface area contributed by atoms with Crippen LogP contribution in [0.2, 0.25) is 0 Å². The maximum absolute atomic E-state index is 5.88. The molecule has 1 rings (SSSR count). The van der Waals surface area contributed by atoms with Crippen LogP contribution >= 0.6 is 0 Å². The smallest absolute Gasteiger partial charge is 0.122 e. The first-order valence-corrected chi connectivity index (χ1v) is 7.82. The highest BCUT2D eigenvalue weighted by Crippen LogP contribution is 2.27. The van der Waals surface area contributed by atoms with Crippen LogP contribution in [0.4, 0.5) is 0 Å². The molecule has 1 aromatic rings. The van der Waals surface area contributed by atoms with E-state index in [1.54, 1.807) is 0 Å². The van der Waals surface area contributed by atoms with Crippen molar-refractivity contribution in [3.8, 4) is 5.75 Å². The lowest BCUT2D eigenvalue weighted by atomic mass is 9.86.